The Labute approximate surface area is 160 Å². The first-order chi connectivity index (χ1) is 13.1. The number of piperidine rings is 1. The minimum Gasteiger partial charge on any atom is -0.481 e. The maximum Gasteiger partial charge on any atom is 0.410 e. The van der Waals surface area contributed by atoms with Gasteiger partial charge in [0, 0.05) is 45.3 Å². The van der Waals surface area contributed by atoms with Gasteiger partial charge >= 0.3 is 12.1 Å². The lowest BCUT2D eigenvalue weighted by molar-refractivity contribution is -0.144. The molecular weight excluding hydrogens is 346 g/mol. The van der Waals surface area contributed by atoms with E-state index >= 15 is 0 Å². The third-order valence-electron chi connectivity index (χ3n) is 5.61. The molecule has 1 N–H and O–H groups in total. The highest BCUT2D eigenvalue weighted by Gasteiger charge is 2.37. The standard InChI is InChI=1S/C20H29N3O4/c1-2-21-8-10-22(11-9-21)18-12-17(19(24)25)13-23(14-18)20(26)27-15-16-6-4-3-5-7-16/h3-7,17-18H,2,8-15H2,1H3,(H,24,25). The molecule has 2 aliphatic heterocycles. The lowest BCUT2D eigenvalue weighted by Gasteiger charge is -2.44. The maximum atomic E-state index is 12.6. The van der Waals surface area contributed by atoms with Crippen molar-refractivity contribution in [1.82, 2.24) is 14.7 Å². The molecule has 2 aliphatic rings. The zero-order valence-corrected chi connectivity index (χ0v) is 15.9. The number of hydrogen-bond donors (Lipinski definition) is 1. The van der Waals surface area contributed by atoms with Crippen LogP contribution in [0.4, 0.5) is 4.79 Å². The molecule has 2 heterocycles. The fraction of sp³-hybridized carbons (Fsp3) is 0.600. The largest absolute Gasteiger partial charge is 0.481 e. The van der Waals surface area contributed by atoms with Crippen LogP contribution in [-0.4, -0.2) is 83.7 Å². The highest BCUT2D eigenvalue weighted by atomic mass is 16.6. The summed E-state index contributed by atoms with van der Waals surface area (Å²) in [4.78, 5) is 30.5. The van der Waals surface area contributed by atoms with Crippen LogP contribution in [0.25, 0.3) is 0 Å². The van der Waals surface area contributed by atoms with Crippen LogP contribution >= 0.6 is 0 Å². The Balaban J connectivity index is 1.60. The number of carbonyl (C=O) groups excluding carboxylic acids is 1. The zero-order chi connectivity index (χ0) is 19.2. The number of aliphatic carboxylic acids is 1. The predicted octanol–water partition coefficient (Wildman–Crippen LogP) is 1.74. The second-order valence-corrected chi connectivity index (χ2v) is 7.34. The van der Waals surface area contributed by atoms with E-state index in [1.807, 2.05) is 30.3 Å². The van der Waals surface area contributed by atoms with E-state index in [0.29, 0.717) is 13.0 Å². The van der Waals surface area contributed by atoms with Gasteiger partial charge in [0.05, 0.1) is 5.92 Å². The van der Waals surface area contributed by atoms with E-state index in [1.54, 1.807) is 4.90 Å². The molecule has 148 valence electrons. The van der Waals surface area contributed by atoms with Crippen molar-refractivity contribution in [2.45, 2.75) is 26.0 Å². The van der Waals surface area contributed by atoms with Crippen LogP contribution in [0, 0.1) is 5.92 Å². The number of amides is 1. The van der Waals surface area contributed by atoms with Crippen molar-refractivity contribution in [1.29, 1.82) is 0 Å². The molecule has 2 atom stereocenters. The van der Waals surface area contributed by atoms with E-state index in [4.69, 9.17) is 4.74 Å². The highest BCUT2D eigenvalue weighted by Crippen LogP contribution is 2.23. The topological polar surface area (TPSA) is 73.3 Å². The average Bonchev–Trinajstić information content (AvgIpc) is 2.72. The molecule has 1 aromatic rings. The summed E-state index contributed by atoms with van der Waals surface area (Å²) in [5, 5.41) is 9.54. The van der Waals surface area contributed by atoms with Crippen LogP contribution in [0.3, 0.4) is 0 Å². The van der Waals surface area contributed by atoms with Crippen LogP contribution in [0.15, 0.2) is 30.3 Å². The molecule has 1 amide bonds. The molecule has 0 saturated carbocycles. The summed E-state index contributed by atoms with van der Waals surface area (Å²) in [6, 6.07) is 9.59. The number of hydrogen-bond acceptors (Lipinski definition) is 5. The van der Waals surface area contributed by atoms with Crippen molar-refractivity contribution in [3.63, 3.8) is 0 Å². The molecule has 0 spiro atoms. The Bertz CT molecular complexity index is 631. The molecule has 7 heteroatoms. The molecule has 0 aliphatic carbocycles. The van der Waals surface area contributed by atoms with Crippen molar-refractivity contribution >= 4 is 12.1 Å². The molecule has 2 fully saturated rings. The van der Waals surface area contributed by atoms with Crippen molar-refractivity contribution in [2.24, 2.45) is 5.92 Å². The van der Waals surface area contributed by atoms with Crippen LogP contribution in [0.1, 0.15) is 18.9 Å². The van der Waals surface area contributed by atoms with E-state index in [-0.39, 0.29) is 19.2 Å². The van der Waals surface area contributed by atoms with Gasteiger partial charge in [0.15, 0.2) is 0 Å². The van der Waals surface area contributed by atoms with Gasteiger partial charge in [-0.2, -0.15) is 0 Å². The third kappa shape index (κ3) is 5.20. The van der Waals surface area contributed by atoms with E-state index < -0.39 is 18.0 Å². The molecule has 7 nitrogen and oxygen atoms in total. The van der Waals surface area contributed by atoms with Crippen LogP contribution in [0.2, 0.25) is 0 Å². The van der Waals surface area contributed by atoms with Gasteiger partial charge < -0.3 is 19.6 Å². The molecule has 0 aromatic heterocycles. The van der Waals surface area contributed by atoms with Gasteiger partial charge in [-0.15, -0.1) is 0 Å². The van der Waals surface area contributed by atoms with Crippen LogP contribution < -0.4 is 0 Å². The minimum atomic E-state index is -0.840. The summed E-state index contributed by atoms with van der Waals surface area (Å²) in [6.45, 7) is 7.95. The monoisotopic (exact) mass is 375 g/mol. The van der Waals surface area contributed by atoms with Crippen molar-refractivity contribution < 1.29 is 19.4 Å². The number of carboxylic acid groups (broad SMARTS) is 1. The van der Waals surface area contributed by atoms with E-state index in [9.17, 15) is 14.7 Å². The Morgan fingerprint density at radius 3 is 2.44 bits per heavy atom. The fourth-order valence-electron chi connectivity index (χ4n) is 3.92. The number of likely N-dealkylation sites (tertiary alicyclic amines) is 1. The highest BCUT2D eigenvalue weighted by molar-refractivity contribution is 5.73. The number of rotatable bonds is 5. The number of carbonyl (C=O) groups is 2. The maximum absolute atomic E-state index is 12.6. The van der Waals surface area contributed by atoms with Gasteiger partial charge in [0.1, 0.15) is 6.61 Å². The molecule has 2 unspecified atom stereocenters. The molecule has 3 rings (SSSR count). The molecule has 0 bridgehead atoms. The predicted molar refractivity (Wildman–Crippen MR) is 101 cm³/mol. The third-order valence-corrected chi connectivity index (χ3v) is 5.61. The first-order valence-corrected chi connectivity index (χ1v) is 9.71. The normalized spacial score (nSPS) is 24.6. The van der Waals surface area contributed by atoms with Crippen molar-refractivity contribution in [3.05, 3.63) is 35.9 Å². The molecule has 27 heavy (non-hydrogen) atoms. The van der Waals surface area contributed by atoms with Gasteiger partial charge in [-0.25, -0.2) is 4.79 Å². The summed E-state index contributed by atoms with van der Waals surface area (Å²) in [5.74, 6) is -1.38. The minimum absolute atomic E-state index is 0.0723. The number of carboxylic acids is 1. The van der Waals surface area contributed by atoms with Crippen molar-refractivity contribution in [2.75, 3.05) is 45.8 Å². The van der Waals surface area contributed by atoms with Crippen LogP contribution in [0.5, 0.6) is 0 Å². The first-order valence-electron chi connectivity index (χ1n) is 9.71. The zero-order valence-electron chi connectivity index (χ0n) is 15.9. The van der Waals surface area contributed by atoms with Gasteiger partial charge in [-0.05, 0) is 18.5 Å². The Hall–Kier alpha value is -2.12. The van der Waals surface area contributed by atoms with Crippen molar-refractivity contribution in [3.8, 4) is 0 Å². The van der Waals surface area contributed by atoms with Gasteiger partial charge in [-0.1, -0.05) is 37.3 Å². The lowest BCUT2D eigenvalue weighted by atomic mass is 9.93. The average molecular weight is 375 g/mol. The molecular formula is C20H29N3O4. The number of benzene rings is 1. The summed E-state index contributed by atoms with van der Waals surface area (Å²) in [5.41, 5.74) is 0.921. The SMILES string of the molecule is CCN1CCN(C2CC(C(=O)O)CN(C(=O)OCc3ccccc3)C2)CC1. The van der Waals surface area contributed by atoms with E-state index in [1.165, 1.54) is 0 Å². The molecule has 2 saturated heterocycles. The fourth-order valence-corrected chi connectivity index (χ4v) is 3.92. The number of ether oxygens (including phenoxy) is 1. The smallest absolute Gasteiger partial charge is 0.410 e. The number of nitrogens with zero attached hydrogens (tertiary/aromatic N) is 3. The molecule has 0 radical (unpaired) electrons. The lowest BCUT2D eigenvalue weighted by Crippen LogP contribution is -2.58. The summed E-state index contributed by atoms with van der Waals surface area (Å²) < 4.78 is 5.43. The molecule has 1 aromatic carbocycles. The Morgan fingerprint density at radius 1 is 1.11 bits per heavy atom. The quantitative estimate of drug-likeness (QED) is 0.845. The van der Waals surface area contributed by atoms with Gasteiger partial charge in [-0.3, -0.25) is 9.69 Å². The second-order valence-electron chi connectivity index (χ2n) is 7.34. The second kappa shape index (κ2) is 9.19. The van der Waals surface area contributed by atoms with E-state index in [2.05, 4.69) is 16.7 Å². The Kier molecular flexibility index (Phi) is 6.68. The van der Waals surface area contributed by atoms with Gasteiger partial charge in [0.2, 0.25) is 0 Å². The summed E-state index contributed by atoms with van der Waals surface area (Å²) in [7, 11) is 0. The first kappa shape index (κ1) is 19.6. The summed E-state index contributed by atoms with van der Waals surface area (Å²) in [6.07, 6.45) is 0.159. The van der Waals surface area contributed by atoms with Gasteiger partial charge in [0.25, 0.3) is 0 Å². The van der Waals surface area contributed by atoms with Crippen LogP contribution in [-0.2, 0) is 16.1 Å². The number of piperazine rings is 1. The van der Waals surface area contributed by atoms with E-state index in [0.717, 1.165) is 38.3 Å². The Morgan fingerprint density at radius 2 is 1.81 bits per heavy atom. The number of likely N-dealkylation sites (N-methyl/N-ethyl adjacent to an activating group) is 1. The summed E-state index contributed by atoms with van der Waals surface area (Å²) >= 11 is 0.